The summed E-state index contributed by atoms with van der Waals surface area (Å²) in [6, 6.07) is 13.4. The van der Waals surface area contributed by atoms with Gasteiger partial charge in [-0.1, -0.05) is 18.2 Å². The number of fused-ring (bicyclic) bond motifs is 1. The maximum Gasteiger partial charge on any atom is 0.257 e. The summed E-state index contributed by atoms with van der Waals surface area (Å²) in [5.74, 6) is 0.252. The zero-order valence-electron chi connectivity index (χ0n) is 15.4. The van der Waals surface area contributed by atoms with Gasteiger partial charge in [-0.25, -0.2) is 0 Å². The van der Waals surface area contributed by atoms with E-state index in [1.807, 2.05) is 0 Å². The number of anilines is 1. The van der Waals surface area contributed by atoms with Crippen molar-refractivity contribution in [3.63, 3.8) is 0 Å². The number of aromatic amines is 1. The monoisotopic (exact) mass is 381 g/mol. The summed E-state index contributed by atoms with van der Waals surface area (Å²) in [6.07, 6.45) is 0. The van der Waals surface area contributed by atoms with Crippen molar-refractivity contribution in [3.05, 3.63) is 64.4 Å². The first-order valence-corrected chi connectivity index (χ1v) is 8.44. The van der Waals surface area contributed by atoms with Crippen molar-refractivity contribution in [2.45, 2.75) is 0 Å². The predicted octanol–water partition coefficient (Wildman–Crippen LogP) is 1.91. The Morgan fingerprint density at radius 2 is 1.75 bits per heavy atom. The van der Waals surface area contributed by atoms with Gasteiger partial charge in [0.25, 0.3) is 11.5 Å². The van der Waals surface area contributed by atoms with Crippen LogP contribution in [0.1, 0.15) is 10.4 Å². The number of nitrogens with one attached hydrogen (secondary N) is 3. The normalized spacial score (nSPS) is 10.4. The van der Waals surface area contributed by atoms with Crippen molar-refractivity contribution in [2.75, 3.05) is 26.1 Å². The van der Waals surface area contributed by atoms with E-state index in [2.05, 4.69) is 15.6 Å². The Hall–Kier alpha value is -3.81. The van der Waals surface area contributed by atoms with Gasteiger partial charge >= 0.3 is 0 Å². The number of amides is 2. The third kappa shape index (κ3) is 4.12. The van der Waals surface area contributed by atoms with Gasteiger partial charge in [-0.15, -0.1) is 0 Å². The third-order valence-corrected chi connectivity index (χ3v) is 4.08. The van der Waals surface area contributed by atoms with E-state index in [4.69, 9.17) is 9.47 Å². The van der Waals surface area contributed by atoms with Crippen LogP contribution in [-0.4, -0.2) is 37.6 Å². The Balaban J connectivity index is 1.64. The molecule has 3 aromatic rings. The SMILES string of the molecule is COc1ccc(C(=O)NCC(=O)Nc2cc3ccccc3c(=O)[nH]2)cc1OC. The van der Waals surface area contributed by atoms with E-state index in [1.165, 1.54) is 20.3 Å². The highest BCUT2D eigenvalue weighted by atomic mass is 16.5. The lowest BCUT2D eigenvalue weighted by atomic mass is 10.2. The molecule has 28 heavy (non-hydrogen) atoms. The van der Waals surface area contributed by atoms with Crippen molar-refractivity contribution >= 4 is 28.4 Å². The van der Waals surface area contributed by atoms with Gasteiger partial charge in [0, 0.05) is 10.9 Å². The third-order valence-electron chi connectivity index (χ3n) is 4.08. The largest absolute Gasteiger partial charge is 0.493 e. The Labute approximate surface area is 160 Å². The molecule has 1 aromatic heterocycles. The molecule has 3 N–H and O–H groups in total. The zero-order chi connectivity index (χ0) is 20.1. The summed E-state index contributed by atoms with van der Waals surface area (Å²) < 4.78 is 10.3. The van der Waals surface area contributed by atoms with Gasteiger partial charge in [-0.2, -0.15) is 0 Å². The standard InChI is InChI=1S/C20H19N3O5/c1-27-15-8-7-13(9-16(15)28-2)19(25)21-11-18(24)22-17-10-12-5-3-4-6-14(12)20(26)23-17/h3-10H,11H2,1-2H3,(H,21,25)(H2,22,23,24,26). The van der Waals surface area contributed by atoms with Gasteiger partial charge in [0.2, 0.25) is 5.91 Å². The second kappa shape index (κ2) is 8.26. The Kier molecular flexibility index (Phi) is 5.59. The second-order valence-corrected chi connectivity index (χ2v) is 5.90. The minimum atomic E-state index is -0.472. The summed E-state index contributed by atoms with van der Waals surface area (Å²) in [6.45, 7) is -0.262. The van der Waals surface area contributed by atoms with E-state index in [0.29, 0.717) is 27.8 Å². The van der Waals surface area contributed by atoms with E-state index in [9.17, 15) is 14.4 Å². The second-order valence-electron chi connectivity index (χ2n) is 5.90. The fourth-order valence-corrected chi connectivity index (χ4v) is 2.71. The number of benzene rings is 2. The zero-order valence-corrected chi connectivity index (χ0v) is 15.4. The summed E-state index contributed by atoms with van der Waals surface area (Å²) in [5.41, 5.74) is 0.0207. The molecule has 0 atom stereocenters. The number of carbonyl (C=O) groups excluding carboxylic acids is 2. The first-order chi connectivity index (χ1) is 13.5. The molecule has 0 aliphatic heterocycles. The highest BCUT2D eigenvalue weighted by Gasteiger charge is 2.12. The molecular weight excluding hydrogens is 362 g/mol. The fourth-order valence-electron chi connectivity index (χ4n) is 2.71. The average molecular weight is 381 g/mol. The van der Waals surface area contributed by atoms with Crippen LogP contribution in [0.2, 0.25) is 0 Å². The van der Waals surface area contributed by atoms with E-state index in [1.54, 1.807) is 42.5 Å². The summed E-state index contributed by atoms with van der Waals surface area (Å²) in [7, 11) is 2.97. The van der Waals surface area contributed by atoms with Crippen molar-refractivity contribution in [1.82, 2.24) is 10.3 Å². The number of aromatic nitrogens is 1. The molecule has 2 aromatic carbocycles. The van der Waals surface area contributed by atoms with Crippen LogP contribution >= 0.6 is 0 Å². The molecule has 2 amide bonds. The maximum absolute atomic E-state index is 12.3. The number of pyridine rings is 1. The molecule has 8 nitrogen and oxygen atoms in total. The molecule has 0 aliphatic rings. The quantitative estimate of drug-likeness (QED) is 0.604. The van der Waals surface area contributed by atoms with Crippen LogP contribution in [0.3, 0.4) is 0 Å². The topological polar surface area (TPSA) is 110 Å². The minimum absolute atomic E-state index is 0.258. The van der Waals surface area contributed by atoms with Crippen molar-refractivity contribution in [3.8, 4) is 11.5 Å². The van der Waals surface area contributed by atoms with Crippen LogP contribution in [0.5, 0.6) is 11.5 Å². The number of rotatable bonds is 6. The molecule has 0 radical (unpaired) electrons. The first-order valence-electron chi connectivity index (χ1n) is 8.44. The van der Waals surface area contributed by atoms with Gasteiger partial charge < -0.3 is 25.1 Å². The molecule has 144 valence electrons. The average Bonchev–Trinajstić information content (AvgIpc) is 2.71. The Bertz CT molecular complexity index is 1090. The van der Waals surface area contributed by atoms with Gasteiger partial charge in [-0.05, 0) is 35.7 Å². The van der Waals surface area contributed by atoms with Gasteiger partial charge in [0.05, 0.1) is 20.8 Å². The molecule has 8 heteroatoms. The van der Waals surface area contributed by atoms with Crippen molar-refractivity contribution in [1.29, 1.82) is 0 Å². The molecule has 1 heterocycles. The van der Waals surface area contributed by atoms with Crippen LogP contribution in [-0.2, 0) is 4.79 Å². The Morgan fingerprint density at radius 3 is 2.50 bits per heavy atom. The van der Waals surface area contributed by atoms with Crippen molar-refractivity contribution < 1.29 is 19.1 Å². The number of ether oxygens (including phenoxy) is 2. The molecule has 0 unspecified atom stereocenters. The molecule has 0 spiro atoms. The molecular formula is C20H19N3O5. The molecule has 0 aliphatic carbocycles. The smallest absolute Gasteiger partial charge is 0.257 e. The van der Waals surface area contributed by atoms with Crippen LogP contribution in [0.15, 0.2) is 53.3 Å². The van der Waals surface area contributed by atoms with Gasteiger partial charge in [0.1, 0.15) is 5.82 Å². The lowest BCUT2D eigenvalue weighted by Crippen LogP contribution is -2.33. The minimum Gasteiger partial charge on any atom is -0.493 e. The van der Waals surface area contributed by atoms with Crippen LogP contribution in [0.4, 0.5) is 5.82 Å². The summed E-state index contributed by atoms with van der Waals surface area (Å²) in [5, 5.41) is 6.32. The number of carbonyl (C=O) groups is 2. The summed E-state index contributed by atoms with van der Waals surface area (Å²) in [4.78, 5) is 39.0. The highest BCUT2D eigenvalue weighted by Crippen LogP contribution is 2.27. The van der Waals surface area contributed by atoms with Crippen molar-refractivity contribution in [2.24, 2.45) is 0 Å². The van der Waals surface area contributed by atoms with Crippen LogP contribution < -0.4 is 25.7 Å². The number of H-pyrrole nitrogens is 1. The molecule has 0 fully saturated rings. The molecule has 3 rings (SSSR count). The molecule has 0 saturated heterocycles. The number of hydrogen-bond acceptors (Lipinski definition) is 5. The van der Waals surface area contributed by atoms with E-state index in [-0.39, 0.29) is 17.9 Å². The summed E-state index contributed by atoms with van der Waals surface area (Å²) >= 11 is 0. The molecule has 0 saturated carbocycles. The first kappa shape index (κ1) is 19.0. The van der Waals surface area contributed by atoms with Gasteiger partial charge in [0.15, 0.2) is 11.5 Å². The van der Waals surface area contributed by atoms with E-state index < -0.39 is 11.8 Å². The fraction of sp³-hybridized carbons (Fsp3) is 0.150. The number of methoxy groups -OCH3 is 2. The lowest BCUT2D eigenvalue weighted by molar-refractivity contribution is -0.115. The van der Waals surface area contributed by atoms with E-state index >= 15 is 0 Å². The maximum atomic E-state index is 12.3. The predicted molar refractivity (Wildman–Crippen MR) is 105 cm³/mol. The van der Waals surface area contributed by atoms with Crippen LogP contribution in [0, 0.1) is 0 Å². The molecule has 0 bridgehead atoms. The highest BCUT2D eigenvalue weighted by molar-refractivity contribution is 6.00. The Morgan fingerprint density at radius 1 is 1.00 bits per heavy atom. The number of hydrogen-bond donors (Lipinski definition) is 3. The lowest BCUT2D eigenvalue weighted by Gasteiger charge is -2.10. The van der Waals surface area contributed by atoms with E-state index in [0.717, 1.165) is 0 Å². The van der Waals surface area contributed by atoms with Crippen LogP contribution in [0.25, 0.3) is 10.8 Å². The van der Waals surface area contributed by atoms with Gasteiger partial charge in [-0.3, -0.25) is 14.4 Å².